The Labute approximate surface area is 131 Å². The van der Waals surface area contributed by atoms with Crippen molar-refractivity contribution in [1.82, 2.24) is 4.90 Å². The van der Waals surface area contributed by atoms with Crippen molar-refractivity contribution in [3.8, 4) is 5.75 Å². The molecule has 1 fully saturated rings. The minimum atomic E-state index is -0.0526. The fourth-order valence-electron chi connectivity index (χ4n) is 2.59. The molecule has 0 radical (unpaired) electrons. The summed E-state index contributed by atoms with van der Waals surface area (Å²) in [5.41, 5.74) is 11.3. The van der Waals surface area contributed by atoms with E-state index in [1.165, 1.54) is 25.9 Å². The molecule has 0 aliphatic carbocycles. The van der Waals surface area contributed by atoms with Crippen LogP contribution in [0.25, 0.3) is 0 Å². The van der Waals surface area contributed by atoms with Crippen LogP contribution in [0.15, 0.2) is 34.5 Å². The van der Waals surface area contributed by atoms with E-state index in [4.69, 9.17) is 16.2 Å². The fraction of sp³-hybridized carbons (Fsp3) is 0.500. The van der Waals surface area contributed by atoms with E-state index in [1.807, 2.05) is 24.3 Å². The molecule has 1 aromatic rings. The Balaban J connectivity index is 1.74. The summed E-state index contributed by atoms with van der Waals surface area (Å²) in [6.45, 7) is 6.39. The highest BCUT2D eigenvalue weighted by atomic mass is 16.5. The SMILES string of the molecule is CC1CCCN(CCOc2ccc(C=NN=C(N)N)cc2)C1. The van der Waals surface area contributed by atoms with Gasteiger partial charge >= 0.3 is 0 Å². The molecular weight excluding hydrogens is 278 g/mol. The zero-order valence-corrected chi connectivity index (χ0v) is 13.1. The molecule has 0 saturated carbocycles. The van der Waals surface area contributed by atoms with Gasteiger partial charge in [-0.3, -0.25) is 4.90 Å². The van der Waals surface area contributed by atoms with Crippen LogP contribution in [0.4, 0.5) is 0 Å². The van der Waals surface area contributed by atoms with Crippen LogP contribution in [0.1, 0.15) is 25.3 Å². The first kappa shape index (κ1) is 16.3. The van der Waals surface area contributed by atoms with Gasteiger partial charge in [0.2, 0.25) is 5.96 Å². The third-order valence-corrected chi connectivity index (χ3v) is 3.68. The van der Waals surface area contributed by atoms with Crippen LogP contribution in [-0.4, -0.2) is 43.3 Å². The van der Waals surface area contributed by atoms with E-state index in [9.17, 15) is 0 Å². The van der Waals surface area contributed by atoms with Crippen molar-refractivity contribution in [2.75, 3.05) is 26.2 Å². The number of hydrogen-bond donors (Lipinski definition) is 2. The van der Waals surface area contributed by atoms with Crippen molar-refractivity contribution in [1.29, 1.82) is 0 Å². The van der Waals surface area contributed by atoms with Crippen LogP contribution in [0.5, 0.6) is 5.75 Å². The third kappa shape index (κ3) is 5.73. The minimum Gasteiger partial charge on any atom is -0.492 e. The van der Waals surface area contributed by atoms with E-state index < -0.39 is 0 Å². The molecule has 0 aromatic heterocycles. The predicted molar refractivity (Wildman–Crippen MR) is 90.2 cm³/mol. The van der Waals surface area contributed by atoms with Gasteiger partial charge in [0.25, 0.3) is 0 Å². The van der Waals surface area contributed by atoms with Gasteiger partial charge in [-0.25, -0.2) is 0 Å². The maximum Gasteiger partial charge on any atom is 0.211 e. The highest BCUT2D eigenvalue weighted by Gasteiger charge is 2.15. The van der Waals surface area contributed by atoms with Gasteiger partial charge in [0.05, 0.1) is 6.21 Å². The molecule has 1 atom stereocenters. The molecule has 1 unspecified atom stereocenters. The maximum absolute atomic E-state index is 5.79. The highest BCUT2D eigenvalue weighted by molar-refractivity contribution is 5.81. The molecular formula is C16H25N5O. The molecule has 2 rings (SSSR count). The number of rotatable bonds is 6. The lowest BCUT2D eigenvalue weighted by molar-refractivity contribution is 0.153. The second-order valence-corrected chi connectivity index (χ2v) is 5.73. The topological polar surface area (TPSA) is 89.2 Å². The predicted octanol–water partition coefficient (Wildman–Crippen LogP) is 1.40. The summed E-state index contributed by atoms with van der Waals surface area (Å²) >= 11 is 0. The molecule has 0 amide bonds. The first-order valence-electron chi connectivity index (χ1n) is 7.70. The third-order valence-electron chi connectivity index (χ3n) is 3.68. The molecule has 22 heavy (non-hydrogen) atoms. The number of benzene rings is 1. The standard InChI is InChI=1S/C16H25N5O/c1-13-3-2-8-21(12-13)9-10-22-15-6-4-14(5-7-15)11-19-20-16(17)18/h4-7,11,13H,2-3,8-10,12H2,1H3,(H4,17,18,20). The van der Waals surface area contributed by atoms with Gasteiger partial charge in [-0.1, -0.05) is 6.92 Å². The van der Waals surface area contributed by atoms with Gasteiger partial charge in [-0.15, -0.1) is 5.10 Å². The molecule has 6 heteroatoms. The second-order valence-electron chi connectivity index (χ2n) is 5.73. The number of piperidine rings is 1. The zero-order valence-electron chi connectivity index (χ0n) is 13.1. The molecule has 6 nitrogen and oxygen atoms in total. The summed E-state index contributed by atoms with van der Waals surface area (Å²) in [6.07, 6.45) is 4.24. The smallest absolute Gasteiger partial charge is 0.211 e. The van der Waals surface area contributed by atoms with Gasteiger partial charge in [0.15, 0.2) is 0 Å². The number of nitrogens with zero attached hydrogens (tertiary/aromatic N) is 3. The van der Waals surface area contributed by atoms with Gasteiger partial charge in [-0.05, 0) is 55.1 Å². The Bertz CT molecular complexity index is 508. The average molecular weight is 303 g/mol. The van der Waals surface area contributed by atoms with E-state index in [1.54, 1.807) is 6.21 Å². The molecule has 0 bridgehead atoms. The lowest BCUT2D eigenvalue weighted by Crippen LogP contribution is -2.37. The van der Waals surface area contributed by atoms with E-state index in [-0.39, 0.29) is 5.96 Å². The summed E-state index contributed by atoms with van der Waals surface area (Å²) in [7, 11) is 0. The molecule has 1 heterocycles. The lowest BCUT2D eigenvalue weighted by Gasteiger charge is -2.30. The molecule has 1 aromatic carbocycles. The lowest BCUT2D eigenvalue weighted by atomic mass is 10.0. The average Bonchev–Trinajstić information content (AvgIpc) is 2.49. The summed E-state index contributed by atoms with van der Waals surface area (Å²) < 4.78 is 5.79. The van der Waals surface area contributed by atoms with Gasteiger partial charge in [0.1, 0.15) is 12.4 Å². The fourth-order valence-corrected chi connectivity index (χ4v) is 2.59. The van der Waals surface area contributed by atoms with E-state index in [0.29, 0.717) is 6.61 Å². The van der Waals surface area contributed by atoms with E-state index in [0.717, 1.165) is 23.8 Å². The van der Waals surface area contributed by atoms with Crippen molar-refractivity contribution in [3.05, 3.63) is 29.8 Å². The number of nitrogens with two attached hydrogens (primary N) is 2. The Morgan fingerprint density at radius 3 is 2.82 bits per heavy atom. The second kappa shape index (κ2) is 8.38. The van der Waals surface area contributed by atoms with Crippen LogP contribution in [-0.2, 0) is 0 Å². The summed E-state index contributed by atoms with van der Waals surface area (Å²) in [5, 5.41) is 7.32. The summed E-state index contributed by atoms with van der Waals surface area (Å²) in [4.78, 5) is 2.48. The maximum atomic E-state index is 5.79. The monoisotopic (exact) mass is 303 g/mol. The largest absolute Gasteiger partial charge is 0.492 e. The Morgan fingerprint density at radius 1 is 1.36 bits per heavy atom. The van der Waals surface area contributed by atoms with Crippen LogP contribution in [0, 0.1) is 5.92 Å². The first-order valence-corrected chi connectivity index (χ1v) is 7.70. The van der Waals surface area contributed by atoms with Gasteiger partial charge in [-0.2, -0.15) is 5.10 Å². The van der Waals surface area contributed by atoms with Gasteiger partial charge < -0.3 is 16.2 Å². The van der Waals surface area contributed by atoms with E-state index >= 15 is 0 Å². The summed E-state index contributed by atoms with van der Waals surface area (Å²) in [5.74, 6) is 1.62. The molecule has 1 saturated heterocycles. The molecule has 1 aliphatic heterocycles. The van der Waals surface area contributed by atoms with E-state index in [2.05, 4.69) is 22.0 Å². The van der Waals surface area contributed by atoms with Crippen LogP contribution in [0.3, 0.4) is 0 Å². The van der Waals surface area contributed by atoms with Crippen LogP contribution >= 0.6 is 0 Å². The molecule has 1 aliphatic rings. The van der Waals surface area contributed by atoms with Crippen molar-refractivity contribution in [3.63, 3.8) is 0 Å². The van der Waals surface area contributed by atoms with Crippen molar-refractivity contribution in [2.24, 2.45) is 27.6 Å². The van der Waals surface area contributed by atoms with Gasteiger partial charge in [0, 0.05) is 13.1 Å². The minimum absolute atomic E-state index is 0.0526. The molecule has 120 valence electrons. The Morgan fingerprint density at radius 2 is 2.14 bits per heavy atom. The van der Waals surface area contributed by atoms with Crippen molar-refractivity contribution in [2.45, 2.75) is 19.8 Å². The quantitative estimate of drug-likeness (QED) is 0.472. The number of likely N-dealkylation sites (tertiary alicyclic amines) is 1. The normalized spacial score (nSPS) is 19.2. The van der Waals surface area contributed by atoms with Crippen molar-refractivity contribution < 1.29 is 4.74 Å². The highest BCUT2D eigenvalue weighted by Crippen LogP contribution is 2.15. The number of hydrogen-bond acceptors (Lipinski definition) is 4. The Kier molecular flexibility index (Phi) is 6.21. The number of guanidine groups is 1. The molecule has 0 spiro atoms. The zero-order chi connectivity index (χ0) is 15.8. The number of ether oxygens (including phenoxy) is 1. The first-order chi connectivity index (χ1) is 10.6. The van der Waals surface area contributed by atoms with Crippen LogP contribution < -0.4 is 16.2 Å². The molecule has 4 N–H and O–H groups in total. The Hall–Kier alpha value is -2.08. The van der Waals surface area contributed by atoms with Crippen molar-refractivity contribution >= 4 is 12.2 Å². The summed E-state index contributed by atoms with van der Waals surface area (Å²) in [6, 6.07) is 7.69. The van der Waals surface area contributed by atoms with Crippen LogP contribution in [0.2, 0.25) is 0 Å².